The van der Waals surface area contributed by atoms with Crippen LogP contribution in [0.1, 0.15) is 38.2 Å². The van der Waals surface area contributed by atoms with Crippen LogP contribution in [-0.4, -0.2) is 19.7 Å². The minimum absolute atomic E-state index is 0.693. The Labute approximate surface area is 125 Å². The molecule has 19 heavy (non-hydrogen) atoms. The fourth-order valence-corrected chi connectivity index (χ4v) is 3.41. The molecule has 1 fully saturated rings. The Bertz CT molecular complexity index is 408. The second kappa shape index (κ2) is 7.30. The van der Waals surface area contributed by atoms with Crippen LogP contribution in [0.3, 0.4) is 0 Å². The van der Waals surface area contributed by atoms with Crippen LogP contribution in [0.4, 0.5) is 0 Å². The topological polar surface area (TPSA) is 21.3 Å². The summed E-state index contributed by atoms with van der Waals surface area (Å²) >= 11 is 3.66. The molecule has 2 nitrogen and oxygen atoms in total. The third kappa shape index (κ3) is 3.96. The van der Waals surface area contributed by atoms with Crippen LogP contribution in [-0.2, 0) is 6.42 Å². The van der Waals surface area contributed by atoms with Crippen molar-refractivity contribution in [2.45, 2.75) is 45.1 Å². The molecule has 0 amide bonds. The minimum Gasteiger partial charge on any atom is -0.497 e. The van der Waals surface area contributed by atoms with E-state index in [2.05, 4.69) is 40.3 Å². The molecule has 2 unspecified atom stereocenters. The van der Waals surface area contributed by atoms with Gasteiger partial charge in [0, 0.05) is 10.5 Å². The first kappa shape index (κ1) is 14.9. The molecule has 1 aromatic rings. The smallest absolute Gasteiger partial charge is 0.119 e. The van der Waals surface area contributed by atoms with Crippen LogP contribution in [0.5, 0.6) is 5.75 Å². The molecular weight excluding hydrogens is 302 g/mol. The van der Waals surface area contributed by atoms with Gasteiger partial charge in [0.05, 0.1) is 7.11 Å². The van der Waals surface area contributed by atoms with Crippen molar-refractivity contribution in [2.24, 2.45) is 5.92 Å². The first-order valence-corrected chi connectivity index (χ1v) is 8.09. The maximum atomic E-state index is 5.33. The van der Waals surface area contributed by atoms with Gasteiger partial charge in [-0.3, -0.25) is 0 Å². The van der Waals surface area contributed by atoms with E-state index in [0.717, 1.165) is 24.6 Å². The highest BCUT2D eigenvalue weighted by Gasteiger charge is 2.27. The van der Waals surface area contributed by atoms with Gasteiger partial charge in [-0.15, -0.1) is 0 Å². The predicted molar refractivity (Wildman–Crippen MR) is 83.8 cm³/mol. The zero-order valence-electron chi connectivity index (χ0n) is 11.9. The van der Waals surface area contributed by atoms with E-state index >= 15 is 0 Å². The lowest BCUT2D eigenvalue weighted by atomic mass is 9.94. The Morgan fingerprint density at radius 2 is 2.21 bits per heavy atom. The molecular formula is C16H24BrNO. The highest BCUT2D eigenvalue weighted by atomic mass is 79.9. The first-order valence-electron chi connectivity index (χ1n) is 7.30. The van der Waals surface area contributed by atoms with E-state index in [1.54, 1.807) is 7.11 Å². The van der Waals surface area contributed by atoms with Gasteiger partial charge in [-0.25, -0.2) is 0 Å². The van der Waals surface area contributed by atoms with E-state index in [9.17, 15) is 0 Å². The quantitative estimate of drug-likeness (QED) is 0.847. The lowest BCUT2D eigenvalue weighted by Gasteiger charge is -2.21. The van der Waals surface area contributed by atoms with Crippen LogP contribution in [0.15, 0.2) is 22.7 Å². The molecule has 0 spiro atoms. The van der Waals surface area contributed by atoms with Crippen LogP contribution in [0.25, 0.3) is 0 Å². The number of hydrogen-bond acceptors (Lipinski definition) is 2. The van der Waals surface area contributed by atoms with Crippen molar-refractivity contribution in [3.8, 4) is 5.75 Å². The second-order valence-electron chi connectivity index (χ2n) is 5.41. The van der Waals surface area contributed by atoms with Gasteiger partial charge < -0.3 is 10.1 Å². The molecule has 0 aromatic heterocycles. The van der Waals surface area contributed by atoms with E-state index in [1.165, 1.54) is 35.7 Å². The molecule has 1 N–H and O–H groups in total. The summed E-state index contributed by atoms with van der Waals surface area (Å²) in [5, 5.41) is 3.70. The van der Waals surface area contributed by atoms with E-state index in [0.29, 0.717) is 6.04 Å². The standard InChI is InChI=1S/C16H24BrNO/c1-3-9-18-16-6-4-5-12(16)10-13-11-14(19-2)7-8-15(13)17/h7-8,11-12,16,18H,3-6,9-10H2,1-2H3. The molecule has 0 aliphatic heterocycles. The molecule has 1 aliphatic rings. The van der Waals surface area contributed by atoms with E-state index in [4.69, 9.17) is 4.74 Å². The molecule has 0 heterocycles. The second-order valence-corrected chi connectivity index (χ2v) is 6.27. The van der Waals surface area contributed by atoms with E-state index in [-0.39, 0.29) is 0 Å². The Balaban J connectivity index is 2.03. The summed E-state index contributed by atoms with van der Waals surface area (Å²) in [6.07, 6.45) is 6.37. The van der Waals surface area contributed by atoms with E-state index < -0.39 is 0 Å². The number of halogens is 1. The third-order valence-corrected chi connectivity index (χ3v) is 4.82. The van der Waals surface area contributed by atoms with Gasteiger partial charge >= 0.3 is 0 Å². The first-order chi connectivity index (χ1) is 9.24. The van der Waals surface area contributed by atoms with Crippen molar-refractivity contribution in [2.75, 3.05) is 13.7 Å². The normalized spacial score (nSPS) is 22.7. The maximum absolute atomic E-state index is 5.33. The Morgan fingerprint density at radius 1 is 1.37 bits per heavy atom. The predicted octanol–water partition coefficient (Wildman–Crippen LogP) is 4.17. The minimum atomic E-state index is 0.693. The molecule has 2 atom stereocenters. The van der Waals surface area contributed by atoms with Gasteiger partial charge in [0.2, 0.25) is 0 Å². The Kier molecular flexibility index (Phi) is 5.71. The molecule has 3 heteroatoms. The SMILES string of the molecule is CCCNC1CCCC1Cc1cc(OC)ccc1Br. The highest BCUT2D eigenvalue weighted by Crippen LogP contribution is 2.32. The van der Waals surface area contributed by atoms with Gasteiger partial charge in [-0.1, -0.05) is 29.3 Å². The van der Waals surface area contributed by atoms with Crippen molar-refractivity contribution in [1.82, 2.24) is 5.32 Å². The van der Waals surface area contributed by atoms with Crippen molar-refractivity contribution >= 4 is 15.9 Å². The van der Waals surface area contributed by atoms with Crippen LogP contribution >= 0.6 is 15.9 Å². The number of nitrogens with one attached hydrogen (secondary N) is 1. The monoisotopic (exact) mass is 325 g/mol. The number of hydrogen-bond donors (Lipinski definition) is 1. The van der Waals surface area contributed by atoms with Gasteiger partial charge in [-0.05, 0) is 61.9 Å². The van der Waals surface area contributed by atoms with Crippen molar-refractivity contribution in [1.29, 1.82) is 0 Å². The van der Waals surface area contributed by atoms with Gasteiger partial charge in [-0.2, -0.15) is 0 Å². The van der Waals surface area contributed by atoms with Crippen molar-refractivity contribution < 1.29 is 4.74 Å². The summed E-state index contributed by atoms with van der Waals surface area (Å²) in [6.45, 7) is 3.37. The Hall–Kier alpha value is -0.540. The molecule has 1 aromatic carbocycles. The highest BCUT2D eigenvalue weighted by molar-refractivity contribution is 9.10. The van der Waals surface area contributed by atoms with Crippen LogP contribution < -0.4 is 10.1 Å². The third-order valence-electron chi connectivity index (χ3n) is 4.05. The van der Waals surface area contributed by atoms with Gasteiger partial charge in [0.1, 0.15) is 5.75 Å². The summed E-state index contributed by atoms with van der Waals surface area (Å²) in [5.41, 5.74) is 1.37. The molecule has 2 rings (SSSR count). The van der Waals surface area contributed by atoms with Crippen molar-refractivity contribution in [3.05, 3.63) is 28.2 Å². The van der Waals surface area contributed by atoms with Crippen LogP contribution in [0.2, 0.25) is 0 Å². The zero-order valence-corrected chi connectivity index (χ0v) is 13.5. The molecule has 0 radical (unpaired) electrons. The number of methoxy groups -OCH3 is 1. The summed E-state index contributed by atoms with van der Waals surface area (Å²) in [7, 11) is 1.73. The fraction of sp³-hybridized carbons (Fsp3) is 0.625. The van der Waals surface area contributed by atoms with Gasteiger partial charge in [0.15, 0.2) is 0 Å². The zero-order chi connectivity index (χ0) is 13.7. The molecule has 1 saturated carbocycles. The Morgan fingerprint density at radius 3 is 2.95 bits per heavy atom. The fourth-order valence-electron chi connectivity index (χ4n) is 3.00. The molecule has 0 saturated heterocycles. The van der Waals surface area contributed by atoms with Crippen LogP contribution in [0, 0.1) is 5.92 Å². The molecule has 0 bridgehead atoms. The lowest BCUT2D eigenvalue weighted by Crippen LogP contribution is -2.33. The molecule has 1 aliphatic carbocycles. The van der Waals surface area contributed by atoms with Gasteiger partial charge in [0.25, 0.3) is 0 Å². The summed E-state index contributed by atoms with van der Waals surface area (Å²) < 4.78 is 6.53. The van der Waals surface area contributed by atoms with E-state index in [1.807, 2.05) is 6.07 Å². The van der Waals surface area contributed by atoms with Crippen molar-refractivity contribution in [3.63, 3.8) is 0 Å². The maximum Gasteiger partial charge on any atom is 0.119 e. The average Bonchev–Trinajstić information content (AvgIpc) is 2.86. The molecule has 106 valence electrons. The average molecular weight is 326 g/mol. The largest absolute Gasteiger partial charge is 0.497 e. The number of ether oxygens (including phenoxy) is 1. The lowest BCUT2D eigenvalue weighted by molar-refractivity contribution is 0.395. The summed E-state index contributed by atoms with van der Waals surface area (Å²) in [5.74, 6) is 1.71. The number of rotatable bonds is 6. The number of benzene rings is 1. The summed E-state index contributed by atoms with van der Waals surface area (Å²) in [4.78, 5) is 0. The summed E-state index contributed by atoms with van der Waals surface area (Å²) in [6, 6.07) is 6.96.